The fourth-order valence-electron chi connectivity index (χ4n) is 2.22. The molecule has 1 saturated heterocycles. The van der Waals surface area contributed by atoms with E-state index >= 15 is 0 Å². The van der Waals surface area contributed by atoms with Gasteiger partial charge in [0.25, 0.3) is 0 Å². The normalized spacial score (nSPS) is 20.8. The van der Waals surface area contributed by atoms with Gasteiger partial charge < -0.3 is 4.90 Å². The molecule has 1 aromatic rings. The molecule has 4 heteroatoms. The topological polar surface area (TPSA) is 32.3 Å². The number of likely N-dealkylation sites (tertiary alicyclic amines) is 1. The van der Waals surface area contributed by atoms with Crippen LogP contribution < -0.4 is 5.32 Å². The first-order valence-corrected chi connectivity index (χ1v) is 6.80. The molecular formula is C12H18N2OS. The summed E-state index contributed by atoms with van der Waals surface area (Å²) in [4.78, 5) is 14.0. The first-order chi connectivity index (χ1) is 7.81. The number of thiophene rings is 1. The standard InChI is InChI=1S/C12H18N2OS/c1-2-10-6-3-4-8-14(10)12(15)13-11-7-5-9-16-11/h5,7,9-10H,2-4,6,8H2,1H3,(H,13,15). The molecule has 2 amide bonds. The van der Waals surface area contributed by atoms with Crippen molar-refractivity contribution in [2.24, 2.45) is 0 Å². The van der Waals surface area contributed by atoms with E-state index in [0.29, 0.717) is 6.04 Å². The molecule has 1 fully saturated rings. The monoisotopic (exact) mass is 238 g/mol. The van der Waals surface area contributed by atoms with E-state index in [2.05, 4.69) is 12.2 Å². The van der Waals surface area contributed by atoms with Crippen LogP contribution >= 0.6 is 11.3 Å². The maximum Gasteiger partial charge on any atom is 0.322 e. The third-order valence-corrected chi connectivity index (χ3v) is 3.90. The lowest BCUT2D eigenvalue weighted by Gasteiger charge is -2.35. The molecular weight excluding hydrogens is 220 g/mol. The Morgan fingerprint density at radius 1 is 1.62 bits per heavy atom. The highest BCUT2D eigenvalue weighted by Crippen LogP contribution is 2.22. The van der Waals surface area contributed by atoms with Crippen LogP contribution in [0.3, 0.4) is 0 Å². The molecule has 0 spiro atoms. The molecule has 0 bridgehead atoms. The van der Waals surface area contributed by atoms with Crippen LogP contribution in [0.15, 0.2) is 17.5 Å². The molecule has 16 heavy (non-hydrogen) atoms. The summed E-state index contributed by atoms with van der Waals surface area (Å²) in [7, 11) is 0. The van der Waals surface area contributed by atoms with Gasteiger partial charge in [0.15, 0.2) is 0 Å². The zero-order valence-corrected chi connectivity index (χ0v) is 10.4. The molecule has 88 valence electrons. The number of amides is 2. The van der Waals surface area contributed by atoms with Crippen LogP contribution in [0.4, 0.5) is 9.80 Å². The molecule has 1 aliphatic heterocycles. The van der Waals surface area contributed by atoms with Gasteiger partial charge in [-0.15, -0.1) is 11.3 Å². The van der Waals surface area contributed by atoms with E-state index in [9.17, 15) is 4.79 Å². The molecule has 2 heterocycles. The fourth-order valence-corrected chi connectivity index (χ4v) is 2.83. The summed E-state index contributed by atoms with van der Waals surface area (Å²) in [5.74, 6) is 0. The van der Waals surface area contributed by atoms with Gasteiger partial charge in [-0.2, -0.15) is 0 Å². The average molecular weight is 238 g/mol. The van der Waals surface area contributed by atoms with E-state index < -0.39 is 0 Å². The lowest BCUT2D eigenvalue weighted by Crippen LogP contribution is -2.45. The highest BCUT2D eigenvalue weighted by Gasteiger charge is 2.25. The van der Waals surface area contributed by atoms with Gasteiger partial charge in [-0.1, -0.05) is 6.92 Å². The van der Waals surface area contributed by atoms with Gasteiger partial charge in [0.05, 0.1) is 5.00 Å². The van der Waals surface area contributed by atoms with Crippen molar-refractivity contribution in [2.75, 3.05) is 11.9 Å². The Morgan fingerprint density at radius 3 is 3.19 bits per heavy atom. The summed E-state index contributed by atoms with van der Waals surface area (Å²) in [6.07, 6.45) is 4.59. The molecule has 1 atom stereocenters. The third kappa shape index (κ3) is 2.55. The van der Waals surface area contributed by atoms with E-state index in [0.717, 1.165) is 30.8 Å². The largest absolute Gasteiger partial charge is 0.322 e. The van der Waals surface area contributed by atoms with Crippen LogP contribution in [0.2, 0.25) is 0 Å². The predicted molar refractivity (Wildman–Crippen MR) is 68.0 cm³/mol. The number of carbonyl (C=O) groups excluding carboxylic acids is 1. The number of piperidine rings is 1. The second-order valence-electron chi connectivity index (χ2n) is 4.16. The van der Waals surface area contributed by atoms with Crippen molar-refractivity contribution >= 4 is 22.4 Å². The van der Waals surface area contributed by atoms with Crippen LogP contribution in [0.1, 0.15) is 32.6 Å². The van der Waals surface area contributed by atoms with E-state index in [-0.39, 0.29) is 6.03 Å². The van der Waals surface area contributed by atoms with Crippen molar-refractivity contribution in [2.45, 2.75) is 38.6 Å². The molecule has 1 aliphatic rings. The molecule has 1 aromatic heterocycles. The van der Waals surface area contributed by atoms with Crippen LogP contribution in [0.25, 0.3) is 0 Å². The minimum absolute atomic E-state index is 0.0639. The van der Waals surface area contributed by atoms with Crippen LogP contribution in [0.5, 0.6) is 0 Å². The summed E-state index contributed by atoms with van der Waals surface area (Å²) < 4.78 is 0. The smallest absolute Gasteiger partial charge is 0.322 e. The summed E-state index contributed by atoms with van der Waals surface area (Å²) in [6, 6.07) is 4.38. The van der Waals surface area contributed by atoms with E-state index in [1.165, 1.54) is 6.42 Å². The molecule has 0 aromatic carbocycles. The predicted octanol–water partition coefficient (Wildman–Crippen LogP) is 3.54. The van der Waals surface area contributed by atoms with Crippen molar-refractivity contribution < 1.29 is 4.79 Å². The second-order valence-corrected chi connectivity index (χ2v) is 5.11. The van der Waals surface area contributed by atoms with Crippen molar-refractivity contribution in [3.8, 4) is 0 Å². The SMILES string of the molecule is CCC1CCCCN1C(=O)Nc1cccs1. The zero-order valence-electron chi connectivity index (χ0n) is 9.61. The van der Waals surface area contributed by atoms with Crippen molar-refractivity contribution in [3.05, 3.63) is 17.5 Å². The Bertz CT molecular complexity index is 337. The molecule has 1 unspecified atom stereocenters. The average Bonchev–Trinajstić information content (AvgIpc) is 2.81. The van der Waals surface area contributed by atoms with Gasteiger partial charge in [-0.3, -0.25) is 5.32 Å². The maximum absolute atomic E-state index is 12.1. The van der Waals surface area contributed by atoms with Gasteiger partial charge in [0, 0.05) is 12.6 Å². The number of urea groups is 1. The molecule has 3 nitrogen and oxygen atoms in total. The van der Waals surface area contributed by atoms with Gasteiger partial charge in [-0.25, -0.2) is 4.79 Å². The van der Waals surface area contributed by atoms with Crippen molar-refractivity contribution in [1.29, 1.82) is 0 Å². The number of anilines is 1. The fraction of sp³-hybridized carbons (Fsp3) is 0.583. The number of hydrogen-bond acceptors (Lipinski definition) is 2. The highest BCUT2D eigenvalue weighted by molar-refractivity contribution is 7.14. The van der Waals surface area contributed by atoms with E-state index in [1.54, 1.807) is 11.3 Å². The van der Waals surface area contributed by atoms with Crippen molar-refractivity contribution in [3.63, 3.8) is 0 Å². The van der Waals surface area contributed by atoms with E-state index in [1.807, 2.05) is 22.4 Å². The first-order valence-electron chi connectivity index (χ1n) is 5.92. The number of carbonyl (C=O) groups is 1. The summed E-state index contributed by atoms with van der Waals surface area (Å²) >= 11 is 1.57. The number of nitrogens with one attached hydrogen (secondary N) is 1. The molecule has 1 N–H and O–H groups in total. The zero-order chi connectivity index (χ0) is 11.4. The maximum atomic E-state index is 12.1. The third-order valence-electron chi connectivity index (χ3n) is 3.11. The van der Waals surface area contributed by atoms with Gasteiger partial charge in [0.2, 0.25) is 0 Å². The molecule has 2 rings (SSSR count). The van der Waals surface area contributed by atoms with Gasteiger partial charge >= 0.3 is 6.03 Å². The minimum atomic E-state index is 0.0639. The quantitative estimate of drug-likeness (QED) is 0.839. The second kappa shape index (κ2) is 5.34. The first kappa shape index (κ1) is 11.5. The van der Waals surface area contributed by atoms with Gasteiger partial charge in [-0.05, 0) is 43.2 Å². The Morgan fingerprint density at radius 2 is 2.50 bits per heavy atom. The molecule has 0 radical (unpaired) electrons. The van der Waals surface area contributed by atoms with Crippen LogP contribution in [0, 0.1) is 0 Å². The number of nitrogens with zero attached hydrogens (tertiary/aromatic N) is 1. The molecule has 0 aliphatic carbocycles. The Kier molecular flexibility index (Phi) is 3.83. The Hall–Kier alpha value is -1.03. The van der Waals surface area contributed by atoms with Gasteiger partial charge in [0.1, 0.15) is 0 Å². The van der Waals surface area contributed by atoms with Crippen LogP contribution in [-0.4, -0.2) is 23.5 Å². The Balaban J connectivity index is 1.97. The van der Waals surface area contributed by atoms with Crippen LogP contribution in [-0.2, 0) is 0 Å². The Labute approximate surface area is 100 Å². The number of hydrogen-bond donors (Lipinski definition) is 1. The summed E-state index contributed by atoms with van der Waals surface area (Å²) in [5.41, 5.74) is 0. The minimum Gasteiger partial charge on any atom is -0.322 e. The lowest BCUT2D eigenvalue weighted by atomic mass is 10.0. The molecule has 0 saturated carbocycles. The highest BCUT2D eigenvalue weighted by atomic mass is 32.1. The summed E-state index contributed by atoms with van der Waals surface area (Å²) in [5, 5.41) is 5.87. The van der Waals surface area contributed by atoms with Crippen molar-refractivity contribution in [1.82, 2.24) is 4.90 Å². The number of rotatable bonds is 2. The lowest BCUT2D eigenvalue weighted by molar-refractivity contribution is 0.160. The summed E-state index contributed by atoms with van der Waals surface area (Å²) in [6.45, 7) is 3.05. The van der Waals surface area contributed by atoms with E-state index in [4.69, 9.17) is 0 Å².